The highest BCUT2D eigenvalue weighted by atomic mass is 32.2. The average molecular weight is 397 g/mol. The van der Waals surface area contributed by atoms with Gasteiger partial charge in [0.1, 0.15) is 0 Å². The standard InChI is InChI=1S/C13H20N2O6S3/c1-22(16,17)13-5-2-4-12(10-13)11-23(18,19)14-6-8-15-7-3-9-24(15,20)21/h2,4-5,10,14H,3,6-9,11H2,1H3. The summed E-state index contributed by atoms with van der Waals surface area (Å²) in [5.74, 6) is -0.277. The van der Waals surface area contributed by atoms with Crippen molar-refractivity contribution in [2.45, 2.75) is 17.1 Å². The Morgan fingerprint density at radius 1 is 1.21 bits per heavy atom. The van der Waals surface area contributed by atoms with E-state index < -0.39 is 29.9 Å². The molecule has 0 radical (unpaired) electrons. The monoisotopic (exact) mass is 396 g/mol. The van der Waals surface area contributed by atoms with Crippen LogP contribution in [0.2, 0.25) is 0 Å². The number of sulfone groups is 1. The lowest BCUT2D eigenvalue weighted by Crippen LogP contribution is -2.36. The molecule has 1 fully saturated rings. The van der Waals surface area contributed by atoms with Crippen molar-refractivity contribution in [3.63, 3.8) is 0 Å². The summed E-state index contributed by atoms with van der Waals surface area (Å²) in [5, 5.41) is 0. The molecule has 8 nitrogen and oxygen atoms in total. The van der Waals surface area contributed by atoms with Gasteiger partial charge >= 0.3 is 0 Å². The van der Waals surface area contributed by atoms with Crippen LogP contribution in [-0.4, -0.2) is 61.2 Å². The van der Waals surface area contributed by atoms with Crippen LogP contribution in [0.4, 0.5) is 0 Å². The molecule has 0 bridgehead atoms. The molecule has 24 heavy (non-hydrogen) atoms. The normalized spacial score (nSPS) is 18.7. The van der Waals surface area contributed by atoms with Crippen LogP contribution in [0.3, 0.4) is 0 Å². The molecule has 2 rings (SSSR count). The number of nitrogens with zero attached hydrogens (tertiary/aromatic N) is 1. The van der Waals surface area contributed by atoms with Crippen LogP contribution >= 0.6 is 0 Å². The largest absolute Gasteiger partial charge is 0.224 e. The molecule has 0 atom stereocenters. The summed E-state index contributed by atoms with van der Waals surface area (Å²) in [7, 11) is -10.4. The van der Waals surface area contributed by atoms with Gasteiger partial charge in [0, 0.05) is 25.9 Å². The minimum absolute atomic E-state index is 0.0205. The van der Waals surface area contributed by atoms with Gasteiger partial charge in [-0.25, -0.2) is 34.3 Å². The summed E-state index contributed by atoms with van der Waals surface area (Å²) < 4.78 is 74.0. The Hall–Kier alpha value is -1.01. The first-order valence-electron chi connectivity index (χ1n) is 7.24. The van der Waals surface area contributed by atoms with E-state index in [1.165, 1.54) is 28.6 Å². The minimum atomic E-state index is -3.69. The van der Waals surface area contributed by atoms with Gasteiger partial charge in [0.15, 0.2) is 9.84 Å². The van der Waals surface area contributed by atoms with E-state index in [4.69, 9.17) is 0 Å². The lowest BCUT2D eigenvalue weighted by atomic mass is 10.2. The second kappa shape index (κ2) is 7.08. The summed E-state index contributed by atoms with van der Waals surface area (Å²) in [5.41, 5.74) is 0.346. The molecule has 1 saturated heterocycles. The summed E-state index contributed by atoms with van der Waals surface area (Å²) in [4.78, 5) is 0.0540. The van der Waals surface area contributed by atoms with Gasteiger partial charge in [-0.2, -0.15) is 0 Å². The van der Waals surface area contributed by atoms with E-state index in [-0.39, 0.29) is 29.5 Å². The molecule has 0 spiro atoms. The predicted octanol–water partition coefficient (Wildman–Crippen LogP) is -0.455. The van der Waals surface area contributed by atoms with Crippen LogP contribution in [0.1, 0.15) is 12.0 Å². The van der Waals surface area contributed by atoms with Gasteiger partial charge in [-0.05, 0) is 24.1 Å². The third-order valence-corrected chi connectivity index (χ3v) is 7.99. The number of sulfonamides is 2. The Kier molecular flexibility index (Phi) is 5.70. The van der Waals surface area contributed by atoms with Crippen molar-refractivity contribution in [1.29, 1.82) is 0 Å². The summed E-state index contributed by atoms with van der Waals surface area (Å²) in [6.07, 6.45) is 1.60. The van der Waals surface area contributed by atoms with Gasteiger partial charge < -0.3 is 0 Å². The molecule has 0 aromatic heterocycles. The predicted molar refractivity (Wildman–Crippen MR) is 90.2 cm³/mol. The van der Waals surface area contributed by atoms with E-state index in [0.717, 1.165) is 6.26 Å². The third-order valence-electron chi connectivity index (χ3n) is 3.57. The van der Waals surface area contributed by atoms with E-state index in [2.05, 4.69) is 4.72 Å². The van der Waals surface area contributed by atoms with Crippen LogP contribution in [0.5, 0.6) is 0 Å². The molecule has 0 unspecified atom stereocenters. The van der Waals surface area contributed by atoms with Crippen LogP contribution in [0.25, 0.3) is 0 Å². The van der Waals surface area contributed by atoms with Gasteiger partial charge in [-0.1, -0.05) is 12.1 Å². The first kappa shape index (κ1) is 19.3. The highest BCUT2D eigenvalue weighted by Gasteiger charge is 2.27. The fraction of sp³-hybridized carbons (Fsp3) is 0.538. The number of hydrogen-bond donors (Lipinski definition) is 1. The second-order valence-electron chi connectivity index (χ2n) is 5.64. The first-order valence-corrected chi connectivity index (χ1v) is 12.4. The molecule has 1 aliphatic heterocycles. The van der Waals surface area contributed by atoms with Crippen molar-refractivity contribution in [1.82, 2.24) is 9.03 Å². The molecule has 1 N–H and O–H groups in total. The molecule has 11 heteroatoms. The maximum atomic E-state index is 12.1. The quantitative estimate of drug-likeness (QED) is 0.667. The number of nitrogens with one attached hydrogen (secondary N) is 1. The fourth-order valence-corrected chi connectivity index (χ4v) is 5.75. The molecule has 0 aliphatic carbocycles. The molecule has 1 aromatic rings. The fourth-order valence-electron chi connectivity index (χ4n) is 2.40. The van der Waals surface area contributed by atoms with E-state index in [1.54, 1.807) is 0 Å². The van der Waals surface area contributed by atoms with Crippen LogP contribution in [0, 0.1) is 0 Å². The van der Waals surface area contributed by atoms with E-state index >= 15 is 0 Å². The highest BCUT2D eigenvalue weighted by molar-refractivity contribution is 7.90. The highest BCUT2D eigenvalue weighted by Crippen LogP contribution is 2.14. The zero-order valence-corrected chi connectivity index (χ0v) is 15.6. The lowest BCUT2D eigenvalue weighted by Gasteiger charge is -2.14. The van der Waals surface area contributed by atoms with Crippen molar-refractivity contribution in [2.75, 3.05) is 31.6 Å². The lowest BCUT2D eigenvalue weighted by molar-refractivity contribution is 0.444. The SMILES string of the molecule is CS(=O)(=O)c1cccc(CS(=O)(=O)NCCN2CCCS2(=O)=O)c1. The Labute approximate surface area is 142 Å². The molecule has 0 amide bonds. The summed E-state index contributed by atoms with van der Waals surface area (Å²) in [6.45, 7) is 0.471. The van der Waals surface area contributed by atoms with Gasteiger partial charge in [0.2, 0.25) is 20.0 Å². The average Bonchev–Trinajstić information content (AvgIpc) is 2.76. The summed E-state index contributed by atoms with van der Waals surface area (Å²) in [6, 6.07) is 5.73. The van der Waals surface area contributed by atoms with Crippen LogP contribution in [0.15, 0.2) is 29.2 Å². The van der Waals surface area contributed by atoms with Crippen molar-refractivity contribution < 1.29 is 25.3 Å². The number of hydrogen-bond acceptors (Lipinski definition) is 6. The summed E-state index contributed by atoms with van der Waals surface area (Å²) >= 11 is 0. The van der Waals surface area contributed by atoms with E-state index in [1.807, 2.05) is 0 Å². The molecular formula is C13H20N2O6S3. The zero-order chi connectivity index (χ0) is 18.0. The molecular weight excluding hydrogens is 376 g/mol. The van der Waals surface area contributed by atoms with Crippen molar-refractivity contribution in [2.24, 2.45) is 0 Å². The minimum Gasteiger partial charge on any atom is -0.224 e. The molecule has 1 aromatic carbocycles. The molecule has 0 saturated carbocycles. The number of benzene rings is 1. The van der Waals surface area contributed by atoms with Crippen LogP contribution in [-0.2, 0) is 35.6 Å². The molecule has 1 aliphatic rings. The Morgan fingerprint density at radius 3 is 2.50 bits per heavy atom. The maximum Gasteiger partial charge on any atom is 0.215 e. The van der Waals surface area contributed by atoms with Crippen molar-refractivity contribution in [3.8, 4) is 0 Å². The Balaban J connectivity index is 1.97. The van der Waals surface area contributed by atoms with E-state index in [0.29, 0.717) is 18.5 Å². The van der Waals surface area contributed by atoms with Crippen molar-refractivity contribution in [3.05, 3.63) is 29.8 Å². The Morgan fingerprint density at radius 2 is 1.92 bits per heavy atom. The first-order chi connectivity index (χ1) is 11.0. The molecule has 136 valence electrons. The maximum absolute atomic E-state index is 12.1. The Bertz CT molecular complexity index is 907. The molecule has 1 heterocycles. The van der Waals surface area contributed by atoms with Gasteiger partial charge in [0.25, 0.3) is 0 Å². The number of rotatable bonds is 7. The van der Waals surface area contributed by atoms with Gasteiger partial charge in [-0.3, -0.25) is 0 Å². The van der Waals surface area contributed by atoms with Crippen molar-refractivity contribution >= 4 is 29.9 Å². The topological polar surface area (TPSA) is 118 Å². The smallest absolute Gasteiger partial charge is 0.215 e. The van der Waals surface area contributed by atoms with Crippen LogP contribution < -0.4 is 4.72 Å². The van der Waals surface area contributed by atoms with E-state index in [9.17, 15) is 25.3 Å². The van der Waals surface area contributed by atoms with Gasteiger partial charge in [0.05, 0.1) is 16.4 Å². The second-order valence-corrected chi connectivity index (χ2v) is 11.6. The van der Waals surface area contributed by atoms with Gasteiger partial charge in [-0.15, -0.1) is 0 Å². The third kappa shape index (κ3) is 5.24. The zero-order valence-electron chi connectivity index (χ0n) is 13.2.